The van der Waals surface area contributed by atoms with Crippen molar-refractivity contribution in [3.8, 4) is 6.07 Å². The Kier molecular flexibility index (Phi) is 2.91. The van der Waals surface area contributed by atoms with Crippen molar-refractivity contribution in [2.24, 2.45) is 17.3 Å². The maximum atomic E-state index is 11.3. The van der Waals surface area contributed by atoms with Gasteiger partial charge in [-0.15, -0.1) is 0 Å². The van der Waals surface area contributed by atoms with E-state index in [1.165, 1.54) is 0 Å². The molecule has 5 unspecified atom stereocenters. The van der Waals surface area contributed by atoms with Crippen LogP contribution in [0.5, 0.6) is 0 Å². The van der Waals surface area contributed by atoms with Gasteiger partial charge >= 0.3 is 0 Å². The predicted octanol–water partition coefficient (Wildman–Crippen LogP) is 2.16. The number of aliphatic hydroxyl groups is 1. The Balaban J connectivity index is 1.89. The third-order valence-electron chi connectivity index (χ3n) is 5.99. The Bertz CT molecular complexity index is 377. The summed E-state index contributed by atoms with van der Waals surface area (Å²) in [5.41, 5.74) is -1.16. The molecule has 3 fully saturated rings. The van der Waals surface area contributed by atoms with Crippen LogP contribution in [0.4, 0.5) is 0 Å². The van der Waals surface area contributed by atoms with Crippen LogP contribution in [-0.2, 0) is 0 Å². The zero-order valence-corrected chi connectivity index (χ0v) is 11.4. The second kappa shape index (κ2) is 4.21. The average Bonchev–Trinajstić information content (AvgIpc) is 3.01. The largest absolute Gasteiger partial charge is 0.388 e. The molecule has 0 aromatic heterocycles. The van der Waals surface area contributed by atoms with Gasteiger partial charge in [0.25, 0.3) is 0 Å². The molecule has 2 heterocycles. The minimum atomic E-state index is -0.710. The lowest BCUT2D eigenvalue weighted by Crippen LogP contribution is -2.56. The number of piperidine rings is 1. The van der Waals surface area contributed by atoms with E-state index in [1.807, 2.05) is 0 Å². The normalized spacial score (nSPS) is 51.3. The lowest BCUT2D eigenvalue weighted by Gasteiger charge is -2.47. The first kappa shape index (κ1) is 12.4. The minimum Gasteiger partial charge on any atom is -0.388 e. The molecule has 3 nitrogen and oxygen atoms in total. The van der Waals surface area contributed by atoms with Crippen molar-refractivity contribution in [2.75, 3.05) is 19.6 Å². The molecule has 3 heteroatoms. The molecule has 3 aliphatic rings. The van der Waals surface area contributed by atoms with Gasteiger partial charge in [0, 0.05) is 19.0 Å². The maximum absolute atomic E-state index is 11.3. The molecule has 0 radical (unpaired) electrons. The summed E-state index contributed by atoms with van der Waals surface area (Å²) in [6, 6.07) is 2.57. The molecule has 1 saturated carbocycles. The SMILES string of the molecule is CCC1CCC(C#N)(C2(O)CCN3CCC2C3)C1. The summed E-state index contributed by atoms with van der Waals surface area (Å²) < 4.78 is 0. The number of nitriles is 1. The van der Waals surface area contributed by atoms with Crippen LogP contribution < -0.4 is 0 Å². The fraction of sp³-hybridized carbons (Fsp3) is 0.933. The monoisotopic (exact) mass is 248 g/mol. The molecule has 1 aliphatic carbocycles. The Labute approximate surface area is 110 Å². The highest BCUT2D eigenvalue weighted by molar-refractivity contribution is 5.19. The zero-order valence-electron chi connectivity index (χ0n) is 11.4. The van der Waals surface area contributed by atoms with Crippen LogP contribution in [0.2, 0.25) is 0 Å². The molecule has 0 amide bonds. The first-order valence-electron chi connectivity index (χ1n) is 7.49. The third-order valence-corrected chi connectivity index (χ3v) is 5.99. The first-order valence-corrected chi connectivity index (χ1v) is 7.49. The highest BCUT2D eigenvalue weighted by atomic mass is 16.3. The molecule has 100 valence electrons. The molecule has 0 aromatic rings. The van der Waals surface area contributed by atoms with Gasteiger partial charge in [0.05, 0.1) is 17.1 Å². The number of nitrogens with zero attached hydrogens (tertiary/aromatic N) is 2. The quantitative estimate of drug-likeness (QED) is 0.814. The Morgan fingerprint density at radius 1 is 1.33 bits per heavy atom. The Morgan fingerprint density at radius 3 is 2.83 bits per heavy atom. The lowest BCUT2D eigenvalue weighted by atomic mass is 9.62. The van der Waals surface area contributed by atoms with Crippen molar-refractivity contribution in [1.29, 1.82) is 5.26 Å². The average molecular weight is 248 g/mol. The van der Waals surface area contributed by atoms with E-state index >= 15 is 0 Å². The molecule has 18 heavy (non-hydrogen) atoms. The van der Waals surface area contributed by atoms with Crippen molar-refractivity contribution in [1.82, 2.24) is 4.90 Å². The number of hydrogen-bond acceptors (Lipinski definition) is 3. The van der Waals surface area contributed by atoms with Gasteiger partial charge in [0.2, 0.25) is 0 Å². The van der Waals surface area contributed by atoms with Gasteiger partial charge < -0.3 is 10.0 Å². The van der Waals surface area contributed by atoms with Crippen molar-refractivity contribution >= 4 is 0 Å². The molecule has 2 bridgehead atoms. The van der Waals surface area contributed by atoms with Gasteiger partial charge in [-0.25, -0.2) is 0 Å². The highest BCUT2D eigenvalue weighted by Crippen LogP contribution is 2.56. The summed E-state index contributed by atoms with van der Waals surface area (Å²) in [7, 11) is 0. The molecule has 2 aliphatic heterocycles. The van der Waals surface area contributed by atoms with Crippen LogP contribution in [-0.4, -0.2) is 35.2 Å². The molecule has 2 saturated heterocycles. The van der Waals surface area contributed by atoms with E-state index in [0.29, 0.717) is 11.8 Å². The Hall–Kier alpha value is -0.590. The van der Waals surface area contributed by atoms with E-state index in [0.717, 1.165) is 58.2 Å². The van der Waals surface area contributed by atoms with Gasteiger partial charge in [-0.3, -0.25) is 0 Å². The van der Waals surface area contributed by atoms with Crippen molar-refractivity contribution in [3.63, 3.8) is 0 Å². The van der Waals surface area contributed by atoms with Crippen molar-refractivity contribution in [3.05, 3.63) is 0 Å². The summed E-state index contributed by atoms with van der Waals surface area (Å²) in [6.07, 6.45) is 6.00. The molecular formula is C15H24N2O. The predicted molar refractivity (Wildman–Crippen MR) is 69.8 cm³/mol. The molecule has 3 rings (SSSR count). The molecule has 1 N–H and O–H groups in total. The molecular weight excluding hydrogens is 224 g/mol. The van der Waals surface area contributed by atoms with Crippen LogP contribution in [0, 0.1) is 28.6 Å². The zero-order chi connectivity index (χ0) is 12.8. The number of rotatable bonds is 2. The smallest absolute Gasteiger partial charge is 0.0886 e. The van der Waals surface area contributed by atoms with E-state index in [9.17, 15) is 10.4 Å². The standard InChI is InChI=1S/C15H24N2O/c1-2-12-3-5-14(9-12,11-16)15(18)6-8-17-7-4-13(15)10-17/h12-13,18H,2-10H2,1H3. The van der Waals surface area contributed by atoms with Crippen LogP contribution in [0.25, 0.3) is 0 Å². The summed E-state index contributed by atoms with van der Waals surface area (Å²) in [5, 5.41) is 21.0. The van der Waals surface area contributed by atoms with E-state index in [-0.39, 0.29) is 0 Å². The van der Waals surface area contributed by atoms with Crippen LogP contribution in [0.1, 0.15) is 45.4 Å². The van der Waals surface area contributed by atoms with Gasteiger partial charge in [0.15, 0.2) is 0 Å². The van der Waals surface area contributed by atoms with Gasteiger partial charge in [-0.2, -0.15) is 5.26 Å². The highest BCUT2D eigenvalue weighted by Gasteiger charge is 2.60. The minimum absolute atomic E-state index is 0.335. The molecule has 0 aromatic carbocycles. The topological polar surface area (TPSA) is 47.3 Å². The number of fused-ring (bicyclic) bond motifs is 2. The lowest BCUT2D eigenvalue weighted by molar-refractivity contribution is -0.119. The summed E-state index contributed by atoms with van der Waals surface area (Å²) in [5.74, 6) is 0.981. The van der Waals surface area contributed by atoms with Gasteiger partial charge in [-0.05, 0) is 44.6 Å². The first-order chi connectivity index (χ1) is 8.63. The van der Waals surface area contributed by atoms with Crippen molar-refractivity contribution in [2.45, 2.75) is 51.0 Å². The summed E-state index contributed by atoms with van der Waals surface area (Å²) in [6.45, 7) is 5.32. The van der Waals surface area contributed by atoms with E-state index < -0.39 is 11.0 Å². The summed E-state index contributed by atoms with van der Waals surface area (Å²) in [4.78, 5) is 2.44. The van der Waals surface area contributed by atoms with Crippen LogP contribution >= 0.6 is 0 Å². The van der Waals surface area contributed by atoms with Crippen LogP contribution in [0.3, 0.4) is 0 Å². The van der Waals surface area contributed by atoms with Crippen LogP contribution in [0.15, 0.2) is 0 Å². The van der Waals surface area contributed by atoms with Gasteiger partial charge in [0.1, 0.15) is 0 Å². The fourth-order valence-corrected chi connectivity index (χ4v) is 4.68. The third kappa shape index (κ3) is 1.55. The number of hydrogen-bond donors (Lipinski definition) is 1. The fourth-order valence-electron chi connectivity index (χ4n) is 4.68. The second-order valence-corrected chi connectivity index (χ2v) is 6.67. The van der Waals surface area contributed by atoms with Crippen molar-refractivity contribution < 1.29 is 5.11 Å². The molecule has 5 atom stereocenters. The van der Waals surface area contributed by atoms with E-state index in [1.54, 1.807) is 0 Å². The van der Waals surface area contributed by atoms with E-state index in [2.05, 4.69) is 17.9 Å². The van der Waals surface area contributed by atoms with E-state index in [4.69, 9.17) is 0 Å². The Morgan fingerprint density at radius 2 is 2.17 bits per heavy atom. The molecule has 0 spiro atoms. The summed E-state index contributed by atoms with van der Waals surface area (Å²) >= 11 is 0. The maximum Gasteiger partial charge on any atom is 0.0886 e. The second-order valence-electron chi connectivity index (χ2n) is 6.67. The van der Waals surface area contributed by atoms with Gasteiger partial charge in [-0.1, -0.05) is 13.3 Å².